The lowest BCUT2D eigenvalue weighted by Crippen LogP contribution is -2.38. The van der Waals surface area contributed by atoms with Crippen molar-refractivity contribution in [2.75, 3.05) is 33.2 Å². The lowest BCUT2D eigenvalue weighted by atomic mass is 10.2. The summed E-state index contributed by atoms with van der Waals surface area (Å²) in [6.07, 6.45) is 3.67. The molecule has 1 saturated heterocycles. The Morgan fingerprint density at radius 3 is 2.35 bits per heavy atom. The summed E-state index contributed by atoms with van der Waals surface area (Å²) in [6, 6.07) is 5.84. The molecule has 1 aromatic rings. The molecule has 8 heteroatoms. The molecular weight excluding hydrogens is 354 g/mol. The number of hydrogen-bond acceptors (Lipinski definition) is 4. The third-order valence-corrected chi connectivity index (χ3v) is 6.41. The SMILES string of the molecule is CCCCN(C)C(=O)CNC(=O)c1ccc(S(=O)(=O)N2CCCC2)cc1. The Morgan fingerprint density at radius 1 is 1.15 bits per heavy atom. The Kier molecular flexibility index (Phi) is 7.16. The number of sulfonamides is 1. The molecule has 0 unspecified atom stereocenters. The molecule has 26 heavy (non-hydrogen) atoms. The van der Waals surface area contributed by atoms with Gasteiger partial charge in [-0.05, 0) is 43.5 Å². The van der Waals surface area contributed by atoms with E-state index >= 15 is 0 Å². The van der Waals surface area contributed by atoms with Crippen molar-refractivity contribution in [1.82, 2.24) is 14.5 Å². The number of carbonyl (C=O) groups excluding carboxylic acids is 2. The van der Waals surface area contributed by atoms with Gasteiger partial charge in [0, 0.05) is 32.2 Å². The molecular formula is C18H27N3O4S. The monoisotopic (exact) mass is 381 g/mol. The first kappa shape index (κ1) is 20.4. The van der Waals surface area contributed by atoms with Crippen molar-refractivity contribution in [2.45, 2.75) is 37.5 Å². The number of amides is 2. The molecule has 1 fully saturated rings. The normalized spacial score (nSPS) is 15.0. The van der Waals surface area contributed by atoms with Gasteiger partial charge in [0.05, 0.1) is 11.4 Å². The molecule has 0 aliphatic carbocycles. The number of nitrogens with one attached hydrogen (secondary N) is 1. The maximum absolute atomic E-state index is 12.5. The van der Waals surface area contributed by atoms with Crippen molar-refractivity contribution in [3.05, 3.63) is 29.8 Å². The van der Waals surface area contributed by atoms with Crippen LogP contribution in [0.1, 0.15) is 43.0 Å². The maximum Gasteiger partial charge on any atom is 0.251 e. The molecule has 1 N–H and O–H groups in total. The zero-order valence-electron chi connectivity index (χ0n) is 15.4. The Balaban J connectivity index is 1.93. The van der Waals surface area contributed by atoms with E-state index in [1.807, 2.05) is 6.92 Å². The fourth-order valence-corrected chi connectivity index (χ4v) is 4.29. The molecule has 0 radical (unpaired) electrons. The first-order valence-electron chi connectivity index (χ1n) is 8.98. The lowest BCUT2D eigenvalue weighted by molar-refractivity contribution is -0.128. The van der Waals surface area contributed by atoms with Crippen molar-refractivity contribution in [2.24, 2.45) is 0 Å². The van der Waals surface area contributed by atoms with Crippen LogP contribution in [0.25, 0.3) is 0 Å². The Labute approximate surface area is 155 Å². The molecule has 0 bridgehead atoms. The average molecular weight is 381 g/mol. The summed E-state index contributed by atoms with van der Waals surface area (Å²) in [4.78, 5) is 25.9. The summed E-state index contributed by atoms with van der Waals surface area (Å²) in [7, 11) is -1.78. The van der Waals surface area contributed by atoms with Gasteiger partial charge < -0.3 is 10.2 Å². The van der Waals surface area contributed by atoms with E-state index in [2.05, 4.69) is 5.32 Å². The minimum Gasteiger partial charge on any atom is -0.344 e. The van der Waals surface area contributed by atoms with Crippen molar-refractivity contribution >= 4 is 21.8 Å². The molecule has 2 amide bonds. The van der Waals surface area contributed by atoms with E-state index < -0.39 is 15.9 Å². The molecule has 0 atom stereocenters. The van der Waals surface area contributed by atoms with E-state index in [0.29, 0.717) is 25.2 Å². The third kappa shape index (κ3) is 5.04. The highest BCUT2D eigenvalue weighted by Crippen LogP contribution is 2.21. The van der Waals surface area contributed by atoms with Crippen LogP contribution in [0.4, 0.5) is 0 Å². The van der Waals surface area contributed by atoms with Gasteiger partial charge in [0.1, 0.15) is 0 Å². The van der Waals surface area contributed by atoms with Crippen LogP contribution in [0.15, 0.2) is 29.2 Å². The van der Waals surface area contributed by atoms with Crippen molar-refractivity contribution in [1.29, 1.82) is 0 Å². The van der Waals surface area contributed by atoms with E-state index in [1.54, 1.807) is 11.9 Å². The highest BCUT2D eigenvalue weighted by atomic mass is 32.2. The van der Waals surface area contributed by atoms with E-state index in [-0.39, 0.29) is 17.3 Å². The Hall–Kier alpha value is -1.93. The average Bonchev–Trinajstić information content (AvgIpc) is 3.19. The molecule has 1 aliphatic rings. The molecule has 1 heterocycles. The Bertz CT molecular complexity index is 725. The van der Waals surface area contributed by atoms with Crippen molar-refractivity contribution in [3.8, 4) is 0 Å². The van der Waals surface area contributed by atoms with Gasteiger partial charge >= 0.3 is 0 Å². The first-order valence-corrected chi connectivity index (χ1v) is 10.4. The second-order valence-electron chi connectivity index (χ2n) is 6.49. The van der Waals surface area contributed by atoms with Gasteiger partial charge in [-0.1, -0.05) is 13.3 Å². The Morgan fingerprint density at radius 2 is 1.77 bits per heavy atom. The molecule has 144 valence electrons. The number of carbonyl (C=O) groups is 2. The predicted molar refractivity (Wildman–Crippen MR) is 99.3 cm³/mol. The number of benzene rings is 1. The molecule has 0 spiro atoms. The molecule has 0 saturated carbocycles. The summed E-state index contributed by atoms with van der Waals surface area (Å²) in [6.45, 7) is 3.71. The number of likely N-dealkylation sites (N-methyl/N-ethyl adjacent to an activating group) is 1. The summed E-state index contributed by atoms with van der Waals surface area (Å²) in [5, 5.41) is 2.58. The number of nitrogens with zero attached hydrogens (tertiary/aromatic N) is 2. The third-order valence-electron chi connectivity index (χ3n) is 4.49. The molecule has 1 aromatic carbocycles. The van der Waals surface area contributed by atoms with E-state index in [4.69, 9.17) is 0 Å². The molecule has 0 aromatic heterocycles. The first-order chi connectivity index (χ1) is 12.4. The predicted octanol–water partition coefficient (Wildman–Crippen LogP) is 1.46. The second-order valence-corrected chi connectivity index (χ2v) is 8.43. The van der Waals surface area contributed by atoms with Crippen LogP contribution in [0.5, 0.6) is 0 Å². The number of rotatable bonds is 8. The van der Waals surface area contributed by atoms with E-state index in [9.17, 15) is 18.0 Å². The van der Waals surface area contributed by atoms with Gasteiger partial charge in [-0.3, -0.25) is 9.59 Å². The second kappa shape index (κ2) is 9.14. The van der Waals surface area contributed by atoms with Crippen LogP contribution in [0.2, 0.25) is 0 Å². The van der Waals surface area contributed by atoms with Crippen LogP contribution in [0, 0.1) is 0 Å². The van der Waals surface area contributed by atoms with Gasteiger partial charge in [0.25, 0.3) is 5.91 Å². The van der Waals surface area contributed by atoms with Crippen LogP contribution in [0.3, 0.4) is 0 Å². The van der Waals surface area contributed by atoms with Crippen LogP contribution >= 0.6 is 0 Å². The van der Waals surface area contributed by atoms with Crippen LogP contribution in [-0.2, 0) is 14.8 Å². The number of hydrogen-bond donors (Lipinski definition) is 1. The van der Waals surface area contributed by atoms with Gasteiger partial charge in [-0.25, -0.2) is 8.42 Å². The summed E-state index contributed by atoms with van der Waals surface area (Å²) < 4.78 is 26.4. The smallest absolute Gasteiger partial charge is 0.251 e. The summed E-state index contributed by atoms with van der Waals surface area (Å²) >= 11 is 0. The minimum atomic E-state index is -3.49. The standard InChI is InChI=1S/C18H27N3O4S/c1-3-4-11-20(2)17(22)14-19-18(23)15-7-9-16(10-8-15)26(24,25)21-12-5-6-13-21/h7-10H,3-6,11-14H2,1-2H3,(H,19,23). The van der Waals surface area contributed by atoms with E-state index in [0.717, 1.165) is 25.7 Å². The quantitative estimate of drug-likeness (QED) is 0.739. The summed E-state index contributed by atoms with van der Waals surface area (Å²) in [5.41, 5.74) is 0.328. The highest BCUT2D eigenvalue weighted by Gasteiger charge is 2.27. The lowest BCUT2D eigenvalue weighted by Gasteiger charge is -2.17. The van der Waals surface area contributed by atoms with E-state index in [1.165, 1.54) is 28.6 Å². The number of unbranched alkanes of at least 4 members (excludes halogenated alkanes) is 1. The highest BCUT2D eigenvalue weighted by molar-refractivity contribution is 7.89. The minimum absolute atomic E-state index is 0.0765. The fraction of sp³-hybridized carbons (Fsp3) is 0.556. The summed E-state index contributed by atoms with van der Waals surface area (Å²) in [5.74, 6) is -0.549. The van der Waals surface area contributed by atoms with Gasteiger partial charge in [-0.15, -0.1) is 0 Å². The van der Waals surface area contributed by atoms with Crippen LogP contribution in [-0.4, -0.2) is 62.7 Å². The fourth-order valence-electron chi connectivity index (χ4n) is 2.77. The zero-order chi connectivity index (χ0) is 19.2. The molecule has 7 nitrogen and oxygen atoms in total. The molecule has 1 aliphatic heterocycles. The van der Waals surface area contributed by atoms with Crippen LogP contribution < -0.4 is 5.32 Å². The van der Waals surface area contributed by atoms with Gasteiger partial charge in [0.2, 0.25) is 15.9 Å². The largest absolute Gasteiger partial charge is 0.344 e. The van der Waals surface area contributed by atoms with Crippen molar-refractivity contribution < 1.29 is 18.0 Å². The van der Waals surface area contributed by atoms with Crippen molar-refractivity contribution in [3.63, 3.8) is 0 Å². The van der Waals surface area contributed by atoms with Gasteiger partial charge in [-0.2, -0.15) is 4.31 Å². The van der Waals surface area contributed by atoms with Gasteiger partial charge in [0.15, 0.2) is 0 Å². The maximum atomic E-state index is 12.5. The molecule has 2 rings (SSSR count). The zero-order valence-corrected chi connectivity index (χ0v) is 16.2. The topological polar surface area (TPSA) is 86.8 Å².